The van der Waals surface area contributed by atoms with Gasteiger partial charge in [-0.2, -0.15) is 0 Å². The van der Waals surface area contributed by atoms with Gasteiger partial charge in [0.2, 0.25) is 0 Å². The molecule has 0 spiro atoms. The fourth-order valence-corrected chi connectivity index (χ4v) is 5.34. The first-order chi connectivity index (χ1) is 19.2. The summed E-state index contributed by atoms with van der Waals surface area (Å²) in [6, 6.07) is 8.83. The van der Waals surface area contributed by atoms with Gasteiger partial charge < -0.3 is 18.9 Å². The van der Waals surface area contributed by atoms with Crippen molar-refractivity contribution in [2.75, 3.05) is 27.4 Å². The lowest BCUT2D eigenvalue weighted by molar-refractivity contribution is -0.385. The highest BCUT2D eigenvalue weighted by Crippen LogP contribution is 2.35. The molecule has 2 aromatic carbocycles. The number of allylic oxidation sites excluding steroid dienone is 1. The van der Waals surface area contributed by atoms with Crippen molar-refractivity contribution in [3.05, 3.63) is 101 Å². The van der Waals surface area contributed by atoms with E-state index in [9.17, 15) is 19.7 Å². The van der Waals surface area contributed by atoms with Crippen LogP contribution in [0.25, 0.3) is 6.08 Å². The van der Waals surface area contributed by atoms with Crippen LogP contribution in [0.4, 0.5) is 5.69 Å². The van der Waals surface area contributed by atoms with Crippen LogP contribution < -0.4 is 29.1 Å². The summed E-state index contributed by atoms with van der Waals surface area (Å²) in [6.07, 6.45) is 3.04. The Morgan fingerprint density at radius 2 is 1.88 bits per heavy atom. The van der Waals surface area contributed by atoms with Gasteiger partial charge >= 0.3 is 5.97 Å². The number of aromatic nitrogens is 1. The summed E-state index contributed by atoms with van der Waals surface area (Å²) in [5, 5.41) is 11.8. The maximum atomic E-state index is 13.8. The van der Waals surface area contributed by atoms with Gasteiger partial charge in [0.1, 0.15) is 12.4 Å². The zero-order valence-corrected chi connectivity index (χ0v) is 23.1. The molecule has 0 fully saturated rings. The number of fused-ring (bicyclic) bond motifs is 1. The molecule has 40 heavy (non-hydrogen) atoms. The average Bonchev–Trinajstić information content (AvgIpc) is 3.24. The van der Waals surface area contributed by atoms with Crippen molar-refractivity contribution in [3.63, 3.8) is 0 Å². The Kier molecular flexibility index (Phi) is 8.49. The SMILES string of the molecule is C=CCOc1ccc([C@H]2C(C(=O)OCC)=C(C)N=c3s/c(=C\c4cc(OC)c(OC)cc4[N+](=O)[O-])c(=O)n32)cc1. The van der Waals surface area contributed by atoms with E-state index in [-0.39, 0.29) is 39.5 Å². The minimum Gasteiger partial charge on any atom is -0.493 e. The van der Waals surface area contributed by atoms with E-state index in [1.807, 2.05) is 0 Å². The summed E-state index contributed by atoms with van der Waals surface area (Å²) in [5.41, 5.74) is 0.665. The number of nitrogens with zero attached hydrogens (tertiary/aromatic N) is 3. The third kappa shape index (κ3) is 5.38. The fraction of sp³-hybridized carbons (Fsp3) is 0.250. The second kappa shape index (κ2) is 12.0. The predicted molar refractivity (Wildman–Crippen MR) is 149 cm³/mol. The molecule has 3 aromatic rings. The quantitative estimate of drug-likeness (QED) is 0.158. The third-order valence-electron chi connectivity index (χ3n) is 6.10. The largest absolute Gasteiger partial charge is 0.493 e. The third-order valence-corrected chi connectivity index (χ3v) is 7.08. The minimum atomic E-state index is -0.841. The maximum absolute atomic E-state index is 13.8. The number of hydrogen-bond donors (Lipinski definition) is 0. The number of carbonyl (C=O) groups is 1. The molecule has 1 aromatic heterocycles. The van der Waals surface area contributed by atoms with E-state index in [1.165, 1.54) is 37.0 Å². The van der Waals surface area contributed by atoms with Gasteiger partial charge in [-0.1, -0.05) is 36.1 Å². The molecule has 11 nitrogen and oxygen atoms in total. The van der Waals surface area contributed by atoms with E-state index >= 15 is 0 Å². The number of ether oxygens (including phenoxy) is 4. The highest BCUT2D eigenvalue weighted by atomic mass is 32.1. The second-order valence-corrected chi connectivity index (χ2v) is 9.50. The summed E-state index contributed by atoms with van der Waals surface area (Å²) in [5.74, 6) is 0.452. The Labute approximate surface area is 233 Å². The Morgan fingerprint density at radius 1 is 1.20 bits per heavy atom. The topological polar surface area (TPSA) is 131 Å². The molecule has 0 aliphatic carbocycles. The van der Waals surface area contributed by atoms with Crippen LogP contribution in [-0.2, 0) is 9.53 Å². The monoisotopic (exact) mass is 565 g/mol. The normalized spacial score (nSPS) is 14.7. The number of nitro groups is 1. The summed E-state index contributed by atoms with van der Waals surface area (Å²) in [7, 11) is 2.79. The van der Waals surface area contributed by atoms with Crippen molar-refractivity contribution >= 4 is 29.1 Å². The van der Waals surface area contributed by atoms with Crippen LogP contribution in [0.5, 0.6) is 17.2 Å². The van der Waals surface area contributed by atoms with Gasteiger partial charge in [-0.15, -0.1) is 0 Å². The Balaban J connectivity index is 1.94. The van der Waals surface area contributed by atoms with Gasteiger partial charge in [-0.25, -0.2) is 9.79 Å². The Morgan fingerprint density at radius 3 is 2.48 bits per heavy atom. The minimum absolute atomic E-state index is 0.143. The van der Waals surface area contributed by atoms with E-state index in [2.05, 4.69) is 11.6 Å². The van der Waals surface area contributed by atoms with Crippen molar-refractivity contribution in [1.82, 2.24) is 4.57 Å². The van der Waals surface area contributed by atoms with Gasteiger partial charge in [0.05, 0.1) is 59.2 Å². The lowest BCUT2D eigenvalue weighted by atomic mass is 9.96. The highest BCUT2D eigenvalue weighted by molar-refractivity contribution is 7.07. The molecular formula is C28H27N3O8S. The Bertz CT molecular complexity index is 1690. The lowest BCUT2D eigenvalue weighted by Gasteiger charge is -2.24. The van der Waals surface area contributed by atoms with Crippen molar-refractivity contribution in [3.8, 4) is 17.2 Å². The lowest BCUT2D eigenvalue weighted by Crippen LogP contribution is -2.39. The number of methoxy groups -OCH3 is 2. The zero-order chi connectivity index (χ0) is 29.0. The van der Waals surface area contributed by atoms with E-state index in [0.29, 0.717) is 28.4 Å². The summed E-state index contributed by atoms with van der Waals surface area (Å²) >= 11 is 1.06. The highest BCUT2D eigenvalue weighted by Gasteiger charge is 2.33. The summed E-state index contributed by atoms with van der Waals surface area (Å²) < 4.78 is 23.0. The van der Waals surface area contributed by atoms with Crippen LogP contribution in [-0.4, -0.2) is 42.9 Å². The van der Waals surface area contributed by atoms with Gasteiger partial charge in [0.15, 0.2) is 16.3 Å². The van der Waals surface area contributed by atoms with Gasteiger partial charge in [-0.05, 0) is 43.7 Å². The summed E-state index contributed by atoms with van der Waals surface area (Å²) in [6.45, 7) is 7.48. The van der Waals surface area contributed by atoms with Crippen LogP contribution in [0, 0.1) is 10.1 Å². The van der Waals surface area contributed by atoms with E-state index < -0.39 is 22.5 Å². The van der Waals surface area contributed by atoms with Crippen molar-refractivity contribution in [2.24, 2.45) is 4.99 Å². The zero-order valence-electron chi connectivity index (χ0n) is 22.3. The molecule has 12 heteroatoms. The predicted octanol–water partition coefficient (Wildman–Crippen LogP) is 3.29. The number of nitro benzene ring substituents is 1. The molecule has 0 radical (unpaired) electrons. The number of esters is 1. The van der Waals surface area contributed by atoms with Crippen molar-refractivity contribution < 1.29 is 28.7 Å². The average molecular weight is 566 g/mol. The number of hydrogen-bond acceptors (Lipinski definition) is 10. The molecule has 0 bridgehead atoms. The van der Waals surface area contributed by atoms with E-state index in [0.717, 1.165) is 11.3 Å². The van der Waals surface area contributed by atoms with Crippen molar-refractivity contribution in [1.29, 1.82) is 0 Å². The summed E-state index contributed by atoms with van der Waals surface area (Å²) in [4.78, 5) is 43.1. The van der Waals surface area contributed by atoms with Crippen molar-refractivity contribution in [2.45, 2.75) is 19.9 Å². The molecule has 0 saturated heterocycles. The fourth-order valence-electron chi connectivity index (χ4n) is 4.31. The molecule has 1 atom stereocenters. The van der Waals surface area contributed by atoms with Crippen LogP contribution in [0.2, 0.25) is 0 Å². The molecular weight excluding hydrogens is 538 g/mol. The van der Waals surface area contributed by atoms with Gasteiger partial charge in [-0.3, -0.25) is 19.5 Å². The molecule has 2 heterocycles. The molecule has 0 unspecified atom stereocenters. The smallest absolute Gasteiger partial charge is 0.338 e. The van der Waals surface area contributed by atoms with Crippen LogP contribution in [0.1, 0.15) is 31.0 Å². The number of benzene rings is 2. The van der Waals surface area contributed by atoms with Crippen LogP contribution in [0.3, 0.4) is 0 Å². The molecule has 0 N–H and O–H groups in total. The number of rotatable bonds is 10. The Hall–Kier alpha value is -4.71. The van der Waals surface area contributed by atoms with E-state index in [4.69, 9.17) is 18.9 Å². The van der Waals surface area contributed by atoms with Gasteiger partial charge in [0.25, 0.3) is 11.2 Å². The second-order valence-electron chi connectivity index (χ2n) is 8.49. The molecule has 0 saturated carbocycles. The maximum Gasteiger partial charge on any atom is 0.338 e. The van der Waals surface area contributed by atoms with Crippen LogP contribution in [0.15, 0.2) is 70.1 Å². The first kappa shape index (κ1) is 28.3. The van der Waals surface area contributed by atoms with Crippen LogP contribution >= 0.6 is 11.3 Å². The molecule has 208 valence electrons. The number of thiazole rings is 1. The first-order valence-electron chi connectivity index (χ1n) is 12.2. The first-order valence-corrected chi connectivity index (χ1v) is 13.0. The molecule has 1 aliphatic heterocycles. The van der Waals surface area contributed by atoms with Gasteiger partial charge in [0, 0.05) is 0 Å². The number of carbonyl (C=O) groups excluding carboxylic acids is 1. The molecule has 4 rings (SSSR count). The standard InChI is InChI=1S/C28H27N3O8S/c1-6-12-39-19-10-8-17(9-11-19)25-24(27(33)38-7-2)16(3)29-28-30(25)26(32)23(40-28)14-18-13-21(36-4)22(37-5)15-20(18)31(34)35/h6,8-11,13-15,25H,1,7,12H2,2-5H3/b23-14-/t25-/m0/s1. The van der Waals surface area contributed by atoms with E-state index in [1.54, 1.807) is 44.2 Å². The molecule has 0 amide bonds. The molecule has 1 aliphatic rings.